The highest BCUT2D eigenvalue weighted by molar-refractivity contribution is 8.04. The van der Waals surface area contributed by atoms with Gasteiger partial charge in [0.2, 0.25) is 0 Å². The largest absolute Gasteiger partial charge is 0.386 e. The maximum Gasteiger partial charge on any atom is 0.114 e. The molecule has 1 aromatic rings. The fraction of sp³-hybridized carbons (Fsp3) is 0.222. The molecular formula is C9H10N2S2. The molecule has 3 N–H and O–H groups in total. The van der Waals surface area contributed by atoms with Crippen LogP contribution in [0, 0.1) is 5.41 Å². The molecule has 0 spiro atoms. The Morgan fingerprint density at radius 1 is 1.62 bits per heavy atom. The van der Waals surface area contributed by atoms with Crippen molar-refractivity contribution in [3.63, 3.8) is 0 Å². The Balaban J connectivity index is 2.41. The van der Waals surface area contributed by atoms with E-state index in [1.165, 1.54) is 4.88 Å². The Hall–Kier alpha value is -0.740. The van der Waals surface area contributed by atoms with Crippen LogP contribution in [0.1, 0.15) is 11.3 Å². The van der Waals surface area contributed by atoms with Crippen LogP contribution in [0.3, 0.4) is 0 Å². The first-order valence-corrected chi connectivity index (χ1v) is 5.73. The van der Waals surface area contributed by atoms with Crippen LogP contribution in [-0.2, 0) is 4.75 Å². The van der Waals surface area contributed by atoms with E-state index in [1.807, 2.05) is 22.9 Å². The zero-order valence-corrected chi connectivity index (χ0v) is 8.62. The molecule has 0 bridgehead atoms. The minimum atomic E-state index is -0.297. The van der Waals surface area contributed by atoms with E-state index in [0.717, 1.165) is 6.42 Å². The van der Waals surface area contributed by atoms with Crippen molar-refractivity contribution in [3.05, 3.63) is 33.9 Å². The molecule has 13 heavy (non-hydrogen) atoms. The van der Waals surface area contributed by atoms with Gasteiger partial charge >= 0.3 is 0 Å². The van der Waals surface area contributed by atoms with Gasteiger partial charge < -0.3 is 5.73 Å². The minimum absolute atomic E-state index is 0.255. The first kappa shape index (κ1) is 8.84. The molecule has 1 aliphatic rings. The van der Waals surface area contributed by atoms with Crippen LogP contribution in [0.25, 0.3) is 0 Å². The van der Waals surface area contributed by atoms with Gasteiger partial charge in [0.05, 0.1) is 0 Å². The zero-order chi connectivity index (χ0) is 9.31. The molecule has 1 atom stereocenters. The van der Waals surface area contributed by atoms with E-state index < -0.39 is 0 Å². The van der Waals surface area contributed by atoms with E-state index in [9.17, 15) is 0 Å². The monoisotopic (exact) mass is 210 g/mol. The van der Waals surface area contributed by atoms with E-state index in [0.29, 0.717) is 0 Å². The molecule has 0 amide bonds. The van der Waals surface area contributed by atoms with Crippen LogP contribution in [0.4, 0.5) is 0 Å². The van der Waals surface area contributed by atoms with Crippen molar-refractivity contribution in [3.8, 4) is 0 Å². The fourth-order valence-electron chi connectivity index (χ4n) is 1.40. The van der Waals surface area contributed by atoms with Gasteiger partial charge in [-0.3, -0.25) is 5.41 Å². The van der Waals surface area contributed by atoms with E-state index in [4.69, 9.17) is 11.1 Å². The summed E-state index contributed by atoms with van der Waals surface area (Å²) in [4.78, 5) is 1.18. The highest BCUT2D eigenvalue weighted by Crippen LogP contribution is 2.46. The molecule has 1 unspecified atom stereocenters. The molecule has 0 aromatic carbocycles. The average Bonchev–Trinajstić information content (AvgIpc) is 2.75. The van der Waals surface area contributed by atoms with Gasteiger partial charge in [-0.25, -0.2) is 0 Å². The fourth-order valence-corrected chi connectivity index (χ4v) is 3.46. The third-order valence-electron chi connectivity index (χ3n) is 2.13. The molecule has 1 aliphatic heterocycles. The smallest absolute Gasteiger partial charge is 0.114 e. The molecule has 4 heteroatoms. The Kier molecular flexibility index (Phi) is 2.17. The zero-order valence-electron chi connectivity index (χ0n) is 6.99. The lowest BCUT2D eigenvalue weighted by molar-refractivity contribution is 0.852. The SMILES string of the molecule is N=C(N)C1(c2cccs2)CC=CS1. The van der Waals surface area contributed by atoms with Crippen LogP contribution in [0.2, 0.25) is 0 Å². The van der Waals surface area contributed by atoms with Gasteiger partial charge in [0.15, 0.2) is 0 Å². The topological polar surface area (TPSA) is 49.9 Å². The molecule has 2 heterocycles. The summed E-state index contributed by atoms with van der Waals surface area (Å²) in [5.41, 5.74) is 5.65. The summed E-state index contributed by atoms with van der Waals surface area (Å²) in [6.45, 7) is 0. The summed E-state index contributed by atoms with van der Waals surface area (Å²) >= 11 is 3.30. The van der Waals surface area contributed by atoms with Crippen LogP contribution in [-0.4, -0.2) is 5.84 Å². The second-order valence-electron chi connectivity index (χ2n) is 2.91. The first-order chi connectivity index (χ1) is 6.26. The van der Waals surface area contributed by atoms with Crippen molar-refractivity contribution in [2.45, 2.75) is 11.2 Å². The number of hydrogen-bond acceptors (Lipinski definition) is 3. The minimum Gasteiger partial charge on any atom is -0.386 e. The van der Waals surface area contributed by atoms with Crippen molar-refractivity contribution in [1.82, 2.24) is 0 Å². The van der Waals surface area contributed by atoms with E-state index in [1.54, 1.807) is 23.1 Å². The lowest BCUT2D eigenvalue weighted by Gasteiger charge is -2.24. The van der Waals surface area contributed by atoms with Crippen molar-refractivity contribution < 1.29 is 0 Å². The predicted octanol–water partition coefficient (Wildman–Crippen LogP) is 2.53. The first-order valence-electron chi connectivity index (χ1n) is 3.97. The summed E-state index contributed by atoms with van der Waals surface area (Å²) in [7, 11) is 0. The van der Waals surface area contributed by atoms with E-state index in [2.05, 4.69) is 6.08 Å². The molecule has 0 fully saturated rings. The normalized spacial score (nSPS) is 26.5. The Morgan fingerprint density at radius 2 is 2.46 bits per heavy atom. The van der Waals surface area contributed by atoms with Crippen molar-refractivity contribution in [2.24, 2.45) is 5.73 Å². The number of amidine groups is 1. The number of thiophene rings is 1. The highest BCUT2D eigenvalue weighted by atomic mass is 32.2. The standard InChI is InChI=1S/C9H10N2S2/c10-8(11)9(4-2-6-13-9)7-3-1-5-12-7/h1-3,5-6H,4H2,(H3,10,11). The molecular weight excluding hydrogens is 200 g/mol. The molecule has 1 aromatic heterocycles. The second kappa shape index (κ2) is 3.20. The highest BCUT2D eigenvalue weighted by Gasteiger charge is 2.38. The number of thioether (sulfide) groups is 1. The number of nitrogens with two attached hydrogens (primary N) is 1. The van der Waals surface area contributed by atoms with Gasteiger partial charge in [0.1, 0.15) is 10.6 Å². The van der Waals surface area contributed by atoms with Gasteiger partial charge in [-0.05, 0) is 23.3 Å². The molecule has 0 aliphatic carbocycles. The average molecular weight is 210 g/mol. The van der Waals surface area contributed by atoms with Crippen molar-refractivity contribution >= 4 is 28.9 Å². The van der Waals surface area contributed by atoms with E-state index in [-0.39, 0.29) is 10.6 Å². The second-order valence-corrected chi connectivity index (χ2v) is 5.06. The summed E-state index contributed by atoms with van der Waals surface area (Å²) in [6, 6.07) is 4.05. The molecule has 68 valence electrons. The van der Waals surface area contributed by atoms with E-state index >= 15 is 0 Å². The quantitative estimate of drug-likeness (QED) is 0.582. The number of allylic oxidation sites excluding steroid dienone is 1. The lowest BCUT2D eigenvalue weighted by Crippen LogP contribution is -2.34. The number of rotatable bonds is 2. The summed E-state index contributed by atoms with van der Waals surface area (Å²) < 4.78 is -0.297. The van der Waals surface area contributed by atoms with Gasteiger partial charge in [0, 0.05) is 4.88 Å². The molecule has 0 saturated heterocycles. The van der Waals surface area contributed by atoms with Gasteiger partial charge in [0.25, 0.3) is 0 Å². The van der Waals surface area contributed by atoms with Gasteiger partial charge in [-0.2, -0.15) is 0 Å². The Morgan fingerprint density at radius 3 is 2.92 bits per heavy atom. The van der Waals surface area contributed by atoms with Crippen LogP contribution in [0.15, 0.2) is 29.0 Å². The van der Waals surface area contributed by atoms with Crippen LogP contribution >= 0.6 is 23.1 Å². The summed E-state index contributed by atoms with van der Waals surface area (Å²) in [5, 5.41) is 11.7. The molecule has 2 nitrogen and oxygen atoms in total. The third-order valence-corrected chi connectivity index (χ3v) is 4.62. The van der Waals surface area contributed by atoms with Crippen molar-refractivity contribution in [2.75, 3.05) is 0 Å². The maximum absolute atomic E-state index is 7.64. The van der Waals surface area contributed by atoms with Crippen molar-refractivity contribution in [1.29, 1.82) is 5.41 Å². The van der Waals surface area contributed by atoms with Gasteiger partial charge in [-0.1, -0.05) is 12.1 Å². The predicted molar refractivity (Wildman–Crippen MR) is 59.3 cm³/mol. The maximum atomic E-state index is 7.64. The molecule has 0 radical (unpaired) electrons. The Bertz CT molecular complexity index is 333. The Labute approximate surface area is 85.3 Å². The molecule has 2 rings (SSSR count). The molecule has 0 saturated carbocycles. The lowest BCUT2D eigenvalue weighted by atomic mass is 10.0. The number of hydrogen-bond donors (Lipinski definition) is 2. The van der Waals surface area contributed by atoms with Gasteiger partial charge in [-0.15, -0.1) is 23.1 Å². The van der Waals surface area contributed by atoms with Crippen LogP contribution in [0.5, 0.6) is 0 Å². The summed E-state index contributed by atoms with van der Waals surface area (Å²) in [6.07, 6.45) is 2.92. The summed E-state index contributed by atoms with van der Waals surface area (Å²) in [5.74, 6) is 0.255. The van der Waals surface area contributed by atoms with Crippen LogP contribution < -0.4 is 5.73 Å². The number of nitrogens with one attached hydrogen (secondary N) is 1. The third kappa shape index (κ3) is 1.30.